The predicted molar refractivity (Wildman–Crippen MR) is 76.6 cm³/mol. The Morgan fingerprint density at radius 1 is 1.09 bits per heavy atom. The molecule has 2 aliphatic rings. The number of hydrogen-bond acceptors (Lipinski definition) is 6. The second-order valence-electron chi connectivity index (χ2n) is 5.27. The third-order valence-electron chi connectivity index (χ3n) is 3.82. The summed E-state index contributed by atoms with van der Waals surface area (Å²) in [7, 11) is 0. The highest BCUT2D eigenvalue weighted by Gasteiger charge is 2.44. The number of ketones is 1. The van der Waals surface area contributed by atoms with E-state index < -0.39 is 17.8 Å². The first-order valence-electron chi connectivity index (χ1n) is 6.69. The van der Waals surface area contributed by atoms with Crippen LogP contribution in [0.3, 0.4) is 0 Å². The van der Waals surface area contributed by atoms with Crippen LogP contribution in [0.25, 0.3) is 0 Å². The molecular weight excluding hydrogens is 288 g/mol. The summed E-state index contributed by atoms with van der Waals surface area (Å²) in [5.41, 5.74) is 0.351. The van der Waals surface area contributed by atoms with Crippen LogP contribution in [-0.2, 0) is 4.79 Å². The van der Waals surface area contributed by atoms with Crippen LogP contribution in [0.4, 0.5) is 0 Å². The van der Waals surface area contributed by atoms with Crippen molar-refractivity contribution in [3.05, 3.63) is 58.6 Å². The van der Waals surface area contributed by atoms with Crippen LogP contribution >= 0.6 is 0 Å². The van der Waals surface area contributed by atoms with E-state index in [1.54, 1.807) is 0 Å². The van der Waals surface area contributed by atoms with Crippen LogP contribution in [0, 0.1) is 0 Å². The minimum Gasteiger partial charge on any atom is -0.510 e. The van der Waals surface area contributed by atoms with E-state index in [0.717, 1.165) is 6.07 Å². The lowest BCUT2D eigenvalue weighted by atomic mass is 9.73. The van der Waals surface area contributed by atoms with Gasteiger partial charge in [-0.3, -0.25) is 4.79 Å². The second kappa shape index (κ2) is 4.92. The smallest absolute Gasteiger partial charge is 0.182 e. The van der Waals surface area contributed by atoms with Gasteiger partial charge < -0.3 is 25.5 Å². The van der Waals surface area contributed by atoms with Gasteiger partial charge in [0.05, 0.1) is 11.7 Å². The van der Waals surface area contributed by atoms with Gasteiger partial charge in [0.1, 0.15) is 28.9 Å². The Hall–Kier alpha value is -2.73. The number of benzene rings is 1. The number of carbonyl (C=O) groups excluding carboxylic acids is 1. The lowest BCUT2D eigenvalue weighted by Crippen LogP contribution is -2.31. The van der Waals surface area contributed by atoms with Crippen molar-refractivity contribution in [2.75, 3.05) is 0 Å². The van der Waals surface area contributed by atoms with Crippen molar-refractivity contribution in [3.63, 3.8) is 0 Å². The fourth-order valence-corrected chi connectivity index (χ4v) is 2.71. The molecule has 0 bridgehead atoms. The highest BCUT2D eigenvalue weighted by atomic mass is 16.3. The van der Waals surface area contributed by atoms with E-state index in [1.807, 2.05) is 0 Å². The van der Waals surface area contributed by atoms with Crippen LogP contribution in [0.15, 0.2) is 53.0 Å². The van der Waals surface area contributed by atoms with Crippen molar-refractivity contribution in [1.29, 1.82) is 0 Å². The van der Waals surface area contributed by atoms with E-state index in [1.165, 1.54) is 24.3 Å². The lowest BCUT2D eigenvalue weighted by Gasteiger charge is -2.30. The first-order chi connectivity index (χ1) is 10.4. The molecule has 0 amide bonds. The van der Waals surface area contributed by atoms with E-state index >= 15 is 0 Å². The molecule has 0 saturated carbocycles. The summed E-state index contributed by atoms with van der Waals surface area (Å²) in [5.74, 6) is -2.43. The number of hydrogen-bond donors (Lipinski definition) is 5. The van der Waals surface area contributed by atoms with Gasteiger partial charge in [-0.15, -0.1) is 0 Å². The molecule has 6 heteroatoms. The first kappa shape index (κ1) is 14.2. The summed E-state index contributed by atoms with van der Waals surface area (Å²) in [6.45, 7) is 0. The molecule has 0 saturated heterocycles. The minimum atomic E-state index is -1.02. The van der Waals surface area contributed by atoms with Gasteiger partial charge in [-0.05, 0) is 18.6 Å². The third-order valence-corrected chi connectivity index (χ3v) is 3.82. The maximum absolute atomic E-state index is 12.3. The summed E-state index contributed by atoms with van der Waals surface area (Å²) < 4.78 is 0. The summed E-state index contributed by atoms with van der Waals surface area (Å²) in [5, 5.41) is 48.4. The van der Waals surface area contributed by atoms with Gasteiger partial charge in [0.25, 0.3) is 0 Å². The SMILES string of the molecule is O=C1C(C2=CCC(O)C=C2O)=C(O)C1c1ccc(O)cc1O. The normalized spacial score (nSPS) is 24.7. The number of allylic oxidation sites excluding steroid dienone is 2. The zero-order valence-corrected chi connectivity index (χ0v) is 11.4. The number of rotatable bonds is 2. The molecule has 3 rings (SSSR count). The number of phenolic OH excluding ortho intramolecular Hbond substituents is 2. The summed E-state index contributed by atoms with van der Waals surface area (Å²) in [4.78, 5) is 12.3. The van der Waals surface area contributed by atoms with Crippen LogP contribution in [0.5, 0.6) is 11.5 Å². The molecule has 0 heterocycles. The maximum atomic E-state index is 12.3. The van der Waals surface area contributed by atoms with Gasteiger partial charge >= 0.3 is 0 Å². The molecule has 6 nitrogen and oxygen atoms in total. The number of Topliss-reactive ketones (excluding diaryl/α,β-unsaturated/α-hetero) is 1. The molecule has 0 spiro atoms. The van der Waals surface area contributed by atoms with Gasteiger partial charge in [-0.1, -0.05) is 12.1 Å². The van der Waals surface area contributed by atoms with Crippen molar-refractivity contribution >= 4 is 5.78 Å². The number of phenols is 2. The molecule has 114 valence electrons. The highest BCUT2D eigenvalue weighted by molar-refractivity contribution is 6.13. The van der Waals surface area contributed by atoms with Crippen molar-refractivity contribution in [3.8, 4) is 11.5 Å². The van der Waals surface area contributed by atoms with Gasteiger partial charge in [-0.25, -0.2) is 0 Å². The number of aliphatic hydroxyl groups excluding tert-OH is 3. The van der Waals surface area contributed by atoms with E-state index in [4.69, 9.17) is 0 Å². The molecule has 1 aromatic rings. The number of aliphatic hydroxyl groups is 3. The van der Waals surface area contributed by atoms with Crippen LogP contribution < -0.4 is 0 Å². The molecule has 2 unspecified atom stereocenters. The van der Waals surface area contributed by atoms with Crippen LogP contribution in [0.2, 0.25) is 0 Å². The minimum absolute atomic E-state index is 0.0156. The molecule has 5 N–H and O–H groups in total. The topological polar surface area (TPSA) is 118 Å². The van der Waals surface area contributed by atoms with E-state index in [9.17, 15) is 30.3 Å². The van der Waals surface area contributed by atoms with E-state index in [-0.39, 0.29) is 46.1 Å². The molecular formula is C16H14O6. The largest absolute Gasteiger partial charge is 0.510 e. The second-order valence-corrected chi connectivity index (χ2v) is 5.27. The Bertz CT molecular complexity index is 756. The molecule has 0 aliphatic heterocycles. The summed E-state index contributed by atoms with van der Waals surface area (Å²) >= 11 is 0. The van der Waals surface area contributed by atoms with E-state index in [2.05, 4.69) is 0 Å². The Kier molecular flexibility index (Phi) is 3.18. The summed E-state index contributed by atoms with van der Waals surface area (Å²) in [6.07, 6.45) is 2.10. The fourth-order valence-electron chi connectivity index (χ4n) is 2.71. The van der Waals surface area contributed by atoms with Crippen molar-refractivity contribution in [2.45, 2.75) is 18.4 Å². The average Bonchev–Trinajstić information content (AvgIpc) is 2.45. The van der Waals surface area contributed by atoms with Crippen LogP contribution in [0.1, 0.15) is 17.9 Å². The highest BCUT2D eigenvalue weighted by Crippen LogP contribution is 2.46. The van der Waals surface area contributed by atoms with Gasteiger partial charge in [0, 0.05) is 17.2 Å². The quantitative estimate of drug-likeness (QED) is 0.567. The van der Waals surface area contributed by atoms with Gasteiger partial charge in [-0.2, -0.15) is 0 Å². The zero-order valence-electron chi connectivity index (χ0n) is 11.4. The molecule has 0 aromatic heterocycles. The Labute approximate surface area is 125 Å². The van der Waals surface area contributed by atoms with Crippen molar-refractivity contribution < 1.29 is 30.3 Å². The molecule has 2 atom stereocenters. The third kappa shape index (κ3) is 2.05. The Morgan fingerprint density at radius 3 is 2.41 bits per heavy atom. The maximum Gasteiger partial charge on any atom is 0.182 e. The Balaban J connectivity index is 1.98. The molecule has 0 radical (unpaired) electrons. The summed E-state index contributed by atoms with van der Waals surface area (Å²) in [6, 6.07) is 3.75. The number of aromatic hydroxyl groups is 2. The van der Waals surface area contributed by atoms with Gasteiger partial charge in [0.15, 0.2) is 5.78 Å². The number of carbonyl (C=O) groups is 1. The lowest BCUT2D eigenvalue weighted by molar-refractivity contribution is -0.119. The standard InChI is InChI=1S/C16H14O6/c17-7-1-3-9(11(19)5-7)13-15(21)14(16(13)22)10-4-2-8(18)6-12(10)20/h1,3-6,8,13,17-21H,2H2. The molecule has 0 fully saturated rings. The average molecular weight is 302 g/mol. The van der Waals surface area contributed by atoms with Crippen molar-refractivity contribution in [1.82, 2.24) is 0 Å². The van der Waals surface area contributed by atoms with Crippen LogP contribution in [-0.4, -0.2) is 37.4 Å². The van der Waals surface area contributed by atoms with Gasteiger partial charge in [0.2, 0.25) is 0 Å². The first-order valence-corrected chi connectivity index (χ1v) is 6.69. The Morgan fingerprint density at radius 2 is 1.82 bits per heavy atom. The van der Waals surface area contributed by atoms with Crippen molar-refractivity contribution in [2.24, 2.45) is 0 Å². The zero-order chi connectivity index (χ0) is 16.0. The predicted octanol–water partition coefficient (Wildman–Crippen LogP) is 1.71. The monoisotopic (exact) mass is 302 g/mol. The molecule has 22 heavy (non-hydrogen) atoms. The molecule has 2 aliphatic carbocycles. The fraction of sp³-hybridized carbons (Fsp3) is 0.188. The van der Waals surface area contributed by atoms with E-state index in [0.29, 0.717) is 0 Å². The molecule has 1 aromatic carbocycles.